The number of rotatable bonds is 3. The van der Waals surface area contributed by atoms with Gasteiger partial charge in [-0.3, -0.25) is 0 Å². The maximum absolute atomic E-state index is 14.3. The maximum Gasteiger partial charge on any atom is 0.422 e. The zero-order valence-corrected chi connectivity index (χ0v) is 17.8. The van der Waals surface area contributed by atoms with Crippen LogP contribution in [0.2, 0.25) is 0 Å². The van der Waals surface area contributed by atoms with E-state index in [2.05, 4.69) is 0 Å². The lowest BCUT2D eigenvalue weighted by Crippen LogP contribution is -3.46. The van der Waals surface area contributed by atoms with E-state index in [-0.39, 0.29) is 33.9 Å². The number of hydrogen-bond acceptors (Lipinski definition) is 3. The van der Waals surface area contributed by atoms with Crippen LogP contribution >= 0.6 is 0 Å². The average molecular weight is 550 g/mol. The highest BCUT2D eigenvalue weighted by atomic mass is 127. The summed E-state index contributed by atoms with van der Waals surface area (Å²) in [6.07, 6.45) is -3.14. The molecule has 3 nitrogen and oxygen atoms in total. The summed E-state index contributed by atoms with van der Waals surface area (Å²) in [5.41, 5.74) is -7.44. The SMILES string of the molecule is CCCC1(F)C(C)(F)CC(F)(F)C(F)([IH+])C1(F)F.O=S(=O)([O-])c1ccccc1. The van der Waals surface area contributed by atoms with Crippen LogP contribution in [-0.2, 0) is 10.1 Å². The van der Waals surface area contributed by atoms with Crippen LogP contribution < -0.4 is 22.6 Å². The molecule has 0 amide bonds. The zero-order valence-electron chi connectivity index (χ0n) is 14.7. The standard InChI is InChI=1S/C10H13F7I.C6H6O3S/c1-3-4-7(12)6(2,11)5-8(13,14)10(17,18)9(7,15)16;7-10(8,9)6-4-2-1-3-5-6/h18H,3-5H2,1-2H3;1-5H,(H,7,8,9)/q+1;/p-1. The molecule has 1 fully saturated rings. The molecular formula is C16H18F7IO3S. The van der Waals surface area contributed by atoms with Gasteiger partial charge in [-0.25, -0.2) is 17.2 Å². The van der Waals surface area contributed by atoms with Crippen LogP contribution in [0.3, 0.4) is 0 Å². The van der Waals surface area contributed by atoms with Gasteiger partial charge in [0.25, 0.3) is 0 Å². The fraction of sp³-hybridized carbons (Fsp3) is 0.625. The minimum atomic E-state index is -5.11. The number of benzene rings is 1. The minimum Gasteiger partial charge on any atom is -0.744 e. The Bertz CT molecular complexity index is 785. The topological polar surface area (TPSA) is 57.2 Å². The molecule has 0 aromatic heterocycles. The minimum absolute atomic E-state index is 0.164. The Balaban J connectivity index is 0.000000330. The first-order chi connectivity index (χ1) is 12.4. The van der Waals surface area contributed by atoms with E-state index in [0.29, 0.717) is 6.92 Å². The summed E-state index contributed by atoms with van der Waals surface area (Å²) in [6.45, 7) is 1.62. The molecule has 1 aliphatic rings. The third-order valence-corrected chi connectivity index (χ3v) is 6.81. The fourth-order valence-electron chi connectivity index (χ4n) is 2.83. The second-order valence-corrected chi connectivity index (χ2v) is 9.55. The Kier molecular flexibility index (Phi) is 7.16. The number of halogens is 8. The van der Waals surface area contributed by atoms with Crippen molar-refractivity contribution in [2.24, 2.45) is 0 Å². The molecule has 0 heterocycles. The van der Waals surface area contributed by atoms with Crippen LogP contribution in [0, 0.1) is 0 Å². The quantitative estimate of drug-likeness (QED) is 0.248. The molecule has 0 radical (unpaired) electrons. The van der Waals surface area contributed by atoms with Gasteiger partial charge >= 0.3 is 38.1 Å². The highest BCUT2D eigenvalue weighted by molar-refractivity contribution is 7.85. The summed E-state index contributed by atoms with van der Waals surface area (Å²) in [4.78, 5) is -0.185. The first-order valence-corrected chi connectivity index (χ1v) is 10.5. The molecule has 2 rings (SSSR count). The van der Waals surface area contributed by atoms with Gasteiger partial charge in [0.05, 0.1) is 11.3 Å². The molecule has 0 aliphatic heterocycles. The average Bonchev–Trinajstić information content (AvgIpc) is 2.53. The van der Waals surface area contributed by atoms with Gasteiger partial charge in [-0.15, -0.1) is 0 Å². The van der Waals surface area contributed by atoms with Gasteiger partial charge in [0.1, 0.15) is 10.1 Å². The van der Waals surface area contributed by atoms with Crippen molar-refractivity contribution in [3.05, 3.63) is 30.3 Å². The largest absolute Gasteiger partial charge is 0.744 e. The molecule has 3 atom stereocenters. The van der Waals surface area contributed by atoms with Crippen LogP contribution in [0.15, 0.2) is 35.2 Å². The molecule has 0 spiro atoms. The van der Waals surface area contributed by atoms with Crippen molar-refractivity contribution in [2.75, 3.05) is 0 Å². The predicted octanol–water partition coefficient (Wildman–Crippen LogP) is 1.44. The molecule has 28 heavy (non-hydrogen) atoms. The highest BCUT2D eigenvalue weighted by Crippen LogP contribution is 2.61. The van der Waals surface area contributed by atoms with Crippen molar-refractivity contribution in [3.63, 3.8) is 0 Å². The molecule has 162 valence electrons. The van der Waals surface area contributed by atoms with E-state index in [1.54, 1.807) is 6.07 Å². The van der Waals surface area contributed by atoms with E-state index < -0.39 is 49.8 Å². The first-order valence-electron chi connectivity index (χ1n) is 7.91. The lowest BCUT2D eigenvalue weighted by Gasteiger charge is -2.49. The van der Waals surface area contributed by atoms with Crippen molar-refractivity contribution in [1.29, 1.82) is 0 Å². The third kappa shape index (κ3) is 4.27. The second kappa shape index (κ2) is 7.89. The summed E-state index contributed by atoms with van der Waals surface area (Å²) in [6, 6.07) is 7.19. The van der Waals surface area contributed by atoms with Crippen molar-refractivity contribution < 1.29 is 66.3 Å². The summed E-state index contributed by atoms with van der Waals surface area (Å²) in [5.74, 6) is -9.74. The van der Waals surface area contributed by atoms with Gasteiger partial charge in [0, 0.05) is 0 Å². The van der Waals surface area contributed by atoms with Gasteiger partial charge in [-0.2, -0.15) is 22.0 Å². The molecule has 0 N–H and O–H groups in total. The second-order valence-electron chi connectivity index (χ2n) is 6.57. The summed E-state index contributed by atoms with van der Waals surface area (Å²) in [5, 5.41) is 0. The van der Waals surface area contributed by atoms with Crippen molar-refractivity contribution >= 4 is 10.1 Å². The highest BCUT2D eigenvalue weighted by Gasteiger charge is 2.90. The lowest BCUT2D eigenvalue weighted by atomic mass is 9.68. The van der Waals surface area contributed by atoms with E-state index in [4.69, 9.17) is 0 Å². The Labute approximate surface area is 171 Å². The lowest BCUT2D eigenvalue weighted by molar-refractivity contribution is -0.627. The molecular weight excluding hydrogens is 532 g/mol. The van der Waals surface area contributed by atoms with Crippen molar-refractivity contribution in [3.8, 4) is 0 Å². The zero-order chi connectivity index (χ0) is 22.2. The molecule has 1 saturated carbocycles. The van der Waals surface area contributed by atoms with Crippen LogP contribution in [0.1, 0.15) is 33.1 Å². The van der Waals surface area contributed by atoms with Gasteiger partial charge < -0.3 is 4.55 Å². The van der Waals surface area contributed by atoms with Gasteiger partial charge in [0.15, 0.2) is 5.67 Å². The summed E-state index contributed by atoms with van der Waals surface area (Å²) >= 11 is -0.164. The van der Waals surface area contributed by atoms with Gasteiger partial charge in [-0.05, 0) is 25.5 Å². The van der Waals surface area contributed by atoms with Crippen LogP contribution in [0.5, 0.6) is 0 Å². The Morgan fingerprint density at radius 1 is 1.04 bits per heavy atom. The summed E-state index contributed by atoms with van der Waals surface area (Å²) in [7, 11) is -4.25. The van der Waals surface area contributed by atoms with Crippen molar-refractivity contribution in [1.82, 2.24) is 0 Å². The molecule has 0 saturated heterocycles. The van der Waals surface area contributed by atoms with Crippen LogP contribution in [0.4, 0.5) is 30.7 Å². The predicted molar refractivity (Wildman–Crippen MR) is 82.4 cm³/mol. The first kappa shape index (κ1) is 25.4. The fourth-order valence-corrected chi connectivity index (χ4v) is 3.99. The molecule has 12 heteroatoms. The van der Waals surface area contributed by atoms with E-state index >= 15 is 0 Å². The van der Waals surface area contributed by atoms with Gasteiger partial charge in [0.2, 0.25) is 5.67 Å². The molecule has 1 aromatic carbocycles. The van der Waals surface area contributed by atoms with E-state index in [9.17, 15) is 43.7 Å². The van der Waals surface area contributed by atoms with Crippen LogP contribution in [0.25, 0.3) is 0 Å². The molecule has 0 bridgehead atoms. The maximum atomic E-state index is 14.3. The van der Waals surface area contributed by atoms with E-state index in [0.717, 1.165) is 0 Å². The number of alkyl halides is 8. The smallest absolute Gasteiger partial charge is 0.422 e. The molecule has 1 aromatic rings. The van der Waals surface area contributed by atoms with Crippen molar-refractivity contribution in [2.45, 2.75) is 64.9 Å². The van der Waals surface area contributed by atoms with Gasteiger partial charge in [-0.1, -0.05) is 31.5 Å². The molecule has 1 aliphatic carbocycles. The monoisotopic (exact) mass is 550 g/mol. The normalized spacial score (nSPS) is 34.2. The third-order valence-electron chi connectivity index (χ3n) is 4.38. The Morgan fingerprint density at radius 2 is 1.50 bits per heavy atom. The Morgan fingerprint density at radius 3 is 1.86 bits per heavy atom. The molecule has 3 unspecified atom stereocenters. The van der Waals surface area contributed by atoms with E-state index in [1.165, 1.54) is 31.2 Å². The number of hydrogen-bond donors (Lipinski definition) is 0. The Hall–Kier alpha value is -0.630. The van der Waals surface area contributed by atoms with E-state index in [1.807, 2.05) is 0 Å². The summed E-state index contributed by atoms with van der Waals surface area (Å²) < 4.78 is 122. The van der Waals surface area contributed by atoms with Crippen LogP contribution in [-0.4, -0.2) is 39.8 Å².